The summed E-state index contributed by atoms with van der Waals surface area (Å²) in [6, 6.07) is 4.78. The van der Waals surface area contributed by atoms with Crippen molar-refractivity contribution < 1.29 is 27.8 Å². The average molecular weight is 631 g/mol. The van der Waals surface area contributed by atoms with Crippen molar-refractivity contribution in [1.82, 2.24) is 14.0 Å². The highest BCUT2D eigenvalue weighted by molar-refractivity contribution is 6.32. The summed E-state index contributed by atoms with van der Waals surface area (Å²) in [5.74, 6) is -2.52. The molecule has 2 aliphatic rings. The Balaban J connectivity index is 1.37. The molecule has 2 atom stereocenters. The Morgan fingerprint density at radius 2 is 1.82 bits per heavy atom. The molecule has 0 saturated carbocycles. The first-order valence-electron chi connectivity index (χ1n) is 14.0. The number of anilines is 2. The fourth-order valence-electron chi connectivity index (χ4n) is 5.27. The van der Waals surface area contributed by atoms with Crippen LogP contribution in [0.15, 0.2) is 33.9 Å². The van der Waals surface area contributed by atoms with E-state index in [2.05, 4.69) is 10.6 Å². The summed E-state index contributed by atoms with van der Waals surface area (Å²) in [5.41, 5.74) is -1.79. The van der Waals surface area contributed by atoms with Crippen LogP contribution in [0.4, 0.5) is 25.0 Å². The summed E-state index contributed by atoms with van der Waals surface area (Å²) in [6.07, 6.45) is 0.0212. The molecule has 0 spiro atoms. The Kier molecular flexibility index (Phi) is 9.00. The minimum absolute atomic E-state index is 0.0373. The van der Waals surface area contributed by atoms with Crippen LogP contribution < -0.4 is 21.9 Å². The second-order valence-corrected chi connectivity index (χ2v) is 11.2. The summed E-state index contributed by atoms with van der Waals surface area (Å²) < 4.78 is 43.2. The molecular formula is C29H29ClF2N6O6. The summed E-state index contributed by atoms with van der Waals surface area (Å²) in [7, 11) is 0. The SMILES string of the molecule is CC(C)n1c(=O)n(C[C@@H]2CCCO2)c(=O)c2cc(NC(=O)N3CCOC(C(=O)Nc4cc(Cl)c(C#N)cc4F)C3)c(F)cc21. The number of morpholine rings is 1. The van der Waals surface area contributed by atoms with E-state index >= 15 is 4.39 Å². The fraction of sp³-hybridized carbons (Fsp3) is 0.414. The molecule has 44 heavy (non-hydrogen) atoms. The zero-order chi connectivity index (χ0) is 31.7. The van der Waals surface area contributed by atoms with Crippen molar-refractivity contribution in [2.75, 3.05) is 36.9 Å². The number of halogens is 3. The highest BCUT2D eigenvalue weighted by atomic mass is 35.5. The van der Waals surface area contributed by atoms with Crippen molar-refractivity contribution in [3.8, 4) is 6.07 Å². The largest absolute Gasteiger partial charge is 0.376 e. The highest BCUT2D eigenvalue weighted by Crippen LogP contribution is 2.26. The van der Waals surface area contributed by atoms with Gasteiger partial charge in [0.2, 0.25) is 0 Å². The molecule has 1 unspecified atom stereocenters. The first kappa shape index (κ1) is 31.1. The number of nitriles is 1. The van der Waals surface area contributed by atoms with E-state index in [-0.39, 0.29) is 65.2 Å². The van der Waals surface area contributed by atoms with Crippen molar-refractivity contribution in [1.29, 1.82) is 5.26 Å². The third-order valence-corrected chi connectivity index (χ3v) is 7.82. The molecule has 0 radical (unpaired) electrons. The van der Waals surface area contributed by atoms with Gasteiger partial charge in [0.15, 0.2) is 6.10 Å². The molecule has 3 heterocycles. The molecule has 2 aromatic carbocycles. The van der Waals surface area contributed by atoms with E-state index in [1.165, 1.54) is 15.5 Å². The number of benzene rings is 2. The summed E-state index contributed by atoms with van der Waals surface area (Å²) in [4.78, 5) is 53.9. The number of hydrogen-bond donors (Lipinski definition) is 2. The Labute approximate surface area is 254 Å². The van der Waals surface area contributed by atoms with E-state index in [9.17, 15) is 23.6 Å². The van der Waals surface area contributed by atoms with Gasteiger partial charge in [0, 0.05) is 25.3 Å². The topological polar surface area (TPSA) is 148 Å². The number of fused-ring (bicyclic) bond motifs is 1. The van der Waals surface area contributed by atoms with Crippen molar-refractivity contribution in [2.24, 2.45) is 0 Å². The number of urea groups is 1. The van der Waals surface area contributed by atoms with Crippen LogP contribution >= 0.6 is 11.6 Å². The lowest BCUT2D eigenvalue weighted by Crippen LogP contribution is -2.51. The summed E-state index contributed by atoms with van der Waals surface area (Å²) in [6.45, 7) is 3.83. The van der Waals surface area contributed by atoms with Crippen LogP contribution in [0.25, 0.3) is 10.9 Å². The first-order valence-corrected chi connectivity index (χ1v) is 14.3. The number of carbonyl (C=O) groups is 2. The molecule has 232 valence electrons. The number of ether oxygens (including phenoxy) is 2. The van der Waals surface area contributed by atoms with Crippen LogP contribution in [0, 0.1) is 23.0 Å². The number of amides is 3. The van der Waals surface area contributed by atoms with Gasteiger partial charge in [0.25, 0.3) is 11.5 Å². The molecule has 2 aliphatic heterocycles. The van der Waals surface area contributed by atoms with E-state index < -0.39 is 47.0 Å². The third kappa shape index (κ3) is 6.17. The summed E-state index contributed by atoms with van der Waals surface area (Å²) >= 11 is 5.94. The van der Waals surface area contributed by atoms with Gasteiger partial charge in [0.1, 0.15) is 17.7 Å². The van der Waals surface area contributed by atoms with E-state index in [0.29, 0.717) is 13.0 Å². The molecule has 5 rings (SSSR count). The maximum absolute atomic E-state index is 15.3. The Bertz CT molecular complexity index is 1800. The summed E-state index contributed by atoms with van der Waals surface area (Å²) in [5, 5.41) is 13.8. The molecule has 3 amide bonds. The standard InChI is InChI=1S/C29H29ClF2N6O6/c1-15(2)38-24-11-21(32)22(9-18(24)27(40)37(29(38)42)13-17-4-3-6-43-17)35-28(41)36-5-7-44-25(14-36)26(39)34-23-10-19(30)16(12-33)8-20(23)31/h8-11,15,17,25H,3-7,13-14H2,1-2H3,(H,34,39)(H,35,41)/t17-,25?/m0/s1. The lowest BCUT2D eigenvalue weighted by atomic mass is 10.1. The average Bonchev–Trinajstić information content (AvgIpc) is 3.51. The number of aromatic nitrogens is 2. The second-order valence-electron chi connectivity index (χ2n) is 10.8. The Morgan fingerprint density at radius 1 is 1.09 bits per heavy atom. The van der Waals surface area contributed by atoms with Crippen molar-refractivity contribution in [3.63, 3.8) is 0 Å². The molecular weight excluding hydrogens is 602 g/mol. The van der Waals surface area contributed by atoms with Gasteiger partial charge in [0.05, 0.1) is 58.7 Å². The molecule has 1 aromatic heterocycles. The molecule has 0 aliphatic carbocycles. The van der Waals surface area contributed by atoms with E-state index in [1.807, 2.05) is 0 Å². The monoisotopic (exact) mass is 630 g/mol. The Hall–Kier alpha value is -4.32. The van der Waals surface area contributed by atoms with E-state index in [0.717, 1.165) is 29.2 Å². The maximum atomic E-state index is 15.3. The molecule has 2 N–H and O–H groups in total. The van der Waals surface area contributed by atoms with Crippen molar-refractivity contribution in [3.05, 3.63) is 67.3 Å². The maximum Gasteiger partial charge on any atom is 0.331 e. The molecule has 15 heteroatoms. The predicted octanol–water partition coefficient (Wildman–Crippen LogP) is 3.60. The van der Waals surface area contributed by atoms with E-state index in [4.69, 9.17) is 26.3 Å². The van der Waals surface area contributed by atoms with Gasteiger partial charge < -0.3 is 25.0 Å². The van der Waals surface area contributed by atoms with Gasteiger partial charge >= 0.3 is 11.7 Å². The Morgan fingerprint density at radius 3 is 2.50 bits per heavy atom. The predicted molar refractivity (Wildman–Crippen MR) is 157 cm³/mol. The molecule has 0 bridgehead atoms. The third-order valence-electron chi connectivity index (χ3n) is 7.51. The molecule has 3 aromatic rings. The zero-order valence-electron chi connectivity index (χ0n) is 23.9. The zero-order valence-corrected chi connectivity index (χ0v) is 24.6. The fourth-order valence-corrected chi connectivity index (χ4v) is 5.48. The van der Waals surface area contributed by atoms with Gasteiger partial charge in [-0.3, -0.25) is 18.7 Å². The van der Waals surface area contributed by atoms with Crippen LogP contribution in [-0.4, -0.2) is 64.5 Å². The quantitative estimate of drug-likeness (QED) is 0.423. The number of nitrogens with zero attached hydrogens (tertiary/aromatic N) is 4. The van der Waals surface area contributed by atoms with Gasteiger partial charge in [-0.2, -0.15) is 5.26 Å². The van der Waals surface area contributed by atoms with Crippen LogP contribution in [-0.2, 0) is 20.8 Å². The molecule has 2 saturated heterocycles. The van der Waals surface area contributed by atoms with Crippen LogP contribution in [0.3, 0.4) is 0 Å². The van der Waals surface area contributed by atoms with Gasteiger partial charge in [-0.25, -0.2) is 18.4 Å². The van der Waals surface area contributed by atoms with Gasteiger partial charge in [-0.05, 0) is 44.9 Å². The first-order chi connectivity index (χ1) is 21.0. The number of hydrogen-bond acceptors (Lipinski definition) is 7. The van der Waals surface area contributed by atoms with Gasteiger partial charge in [-0.15, -0.1) is 0 Å². The van der Waals surface area contributed by atoms with Gasteiger partial charge in [-0.1, -0.05) is 11.6 Å². The number of carbonyl (C=O) groups excluding carboxylic acids is 2. The van der Waals surface area contributed by atoms with E-state index in [1.54, 1.807) is 19.9 Å². The smallest absolute Gasteiger partial charge is 0.331 e. The van der Waals surface area contributed by atoms with Crippen LogP contribution in [0.2, 0.25) is 5.02 Å². The second kappa shape index (κ2) is 12.7. The molecule has 2 fully saturated rings. The lowest BCUT2D eigenvalue weighted by molar-refractivity contribution is -0.131. The van der Waals surface area contributed by atoms with Crippen molar-refractivity contribution >= 4 is 45.8 Å². The van der Waals surface area contributed by atoms with Crippen molar-refractivity contribution in [2.45, 2.75) is 51.5 Å². The normalized spacial score (nSPS) is 18.4. The minimum atomic E-state index is -1.20. The molecule has 12 nitrogen and oxygen atoms in total. The minimum Gasteiger partial charge on any atom is -0.376 e. The van der Waals surface area contributed by atoms with Crippen LogP contribution in [0.1, 0.15) is 38.3 Å². The lowest BCUT2D eigenvalue weighted by Gasteiger charge is -2.32. The number of rotatable bonds is 6. The highest BCUT2D eigenvalue weighted by Gasteiger charge is 2.31. The number of nitrogens with one attached hydrogen (secondary N) is 2. The van der Waals surface area contributed by atoms with Crippen LogP contribution in [0.5, 0.6) is 0 Å².